The van der Waals surface area contributed by atoms with Crippen molar-refractivity contribution < 1.29 is 13.2 Å². The van der Waals surface area contributed by atoms with Crippen LogP contribution in [-0.4, -0.2) is 36.7 Å². The van der Waals surface area contributed by atoms with Gasteiger partial charge in [0.1, 0.15) is 0 Å². The molecule has 1 fully saturated rings. The van der Waals surface area contributed by atoms with Gasteiger partial charge >= 0.3 is 0 Å². The Balaban J connectivity index is 2.85. The van der Waals surface area contributed by atoms with Crippen LogP contribution in [0.5, 0.6) is 0 Å². The molecule has 0 spiro atoms. The molecule has 5 heteroatoms. The van der Waals surface area contributed by atoms with Gasteiger partial charge in [0, 0.05) is 6.04 Å². The number of nitrogens with two attached hydrogens (primary N) is 1. The van der Waals surface area contributed by atoms with Crippen molar-refractivity contribution in [1.29, 1.82) is 0 Å². The molecule has 1 heterocycles. The molecule has 0 aromatic heterocycles. The summed E-state index contributed by atoms with van der Waals surface area (Å²) in [7, 11) is -3.14. The third-order valence-corrected chi connectivity index (χ3v) is 5.69. The summed E-state index contributed by atoms with van der Waals surface area (Å²) in [6.45, 7) is 9.42. The van der Waals surface area contributed by atoms with Crippen molar-refractivity contribution in [2.45, 2.75) is 70.0 Å². The first-order chi connectivity index (χ1) is 7.46. The first kappa shape index (κ1) is 14.9. The maximum Gasteiger partial charge on any atom is 0.156 e. The highest BCUT2D eigenvalue weighted by Crippen LogP contribution is 2.41. The quantitative estimate of drug-likeness (QED) is 0.834. The Labute approximate surface area is 105 Å². The molecule has 1 aliphatic heterocycles. The lowest BCUT2D eigenvalue weighted by atomic mass is 10.0. The Bertz CT molecular complexity index is 371. The second kappa shape index (κ2) is 4.52. The van der Waals surface area contributed by atoms with E-state index < -0.39 is 20.7 Å². The molecule has 0 amide bonds. The lowest BCUT2D eigenvalue weighted by molar-refractivity contribution is -0.0635. The van der Waals surface area contributed by atoms with E-state index in [1.54, 1.807) is 0 Å². The largest absolute Gasteiger partial charge is 0.368 e. The summed E-state index contributed by atoms with van der Waals surface area (Å²) in [5, 5.41) is -0.427. The first-order valence-electron chi connectivity index (χ1n) is 6.14. The Kier molecular flexibility index (Phi) is 3.97. The second-order valence-electron chi connectivity index (χ2n) is 6.29. The summed E-state index contributed by atoms with van der Waals surface area (Å²) in [6, 6.07) is -0.0804. The summed E-state index contributed by atoms with van der Waals surface area (Å²) in [5.41, 5.74) is 4.65. The van der Waals surface area contributed by atoms with Crippen LogP contribution in [0, 0.1) is 0 Å². The van der Waals surface area contributed by atoms with Crippen molar-refractivity contribution in [2.24, 2.45) is 5.73 Å². The number of hydrogen-bond acceptors (Lipinski definition) is 4. The van der Waals surface area contributed by atoms with Crippen molar-refractivity contribution in [2.75, 3.05) is 5.75 Å². The summed E-state index contributed by atoms with van der Waals surface area (Å²) in [5.74, 6) is 0.151. The molecule has 2 atom stereocenters. The van der Waals surface area contributed by atoms with Crippen LogP contribution >= 0.6 is 0 Å². The fourth-order valence-electron chi connectivity index (χ4n) is 2.56. The molecule has 0 aliphatic carbocycles. The number of ether oxygens (including phenoxy) is 1. The molecule has 2 unspecified atom stereocenters. The minimum atomic E-state index is -3.14. The Hall–Kier alpha value is -0.130. The highest BCUT2D eigenvalue weighted by Gasteiger charge is 2.51. The first-order valence-corrected chi connectivity index (χ1v) is 7.85. The average Bonchev–Trinajstić information content (AvgIpc) is 2.31. The highest BCUT2D eigenvalue weighted by atomic mass is 32.2. The van der Waals surface area contributed by atoms with E-state index in [0.717, 1.165) is 0 Å². The normalized spacial score (nSPS) is 29.2. The molecule has 0 saturated carbocycles. The summed E-state index contributed by atoms with van der Waals surface area (Å²) in [6.07, 6.45) is 1.07. The van der Waals surface area contributed by atoms with Crippen LogP contribution in [0.3, 0.4) is 0 Å². The monoisotopic (exact) mass is 263 g/mol. The zero-order chi connectivity index (χ0) is 13.5. The molecule has 0 radical (unpaired) electrons. The molecule has 4 nitrogen and oxygen atoms in total. The molecule has 1 rings (SSSR count). The van der Waals surface area contributed by atoms with E-state index in [1.807, 2.05) is 34.6 Å². The minimum absolute atomic E-state index is 0.0804. The lowest BCUT2D eigenvalue weighted by Gasteiger charge is -2.27. The van der Waals surface area contributed by atoms with Crippen molar-refractivity contribution in [3.05, 3.63) is 0 Å². The van der Waals surface area contributed by atoms with E-state index in [-0.39, 0.29) is 17.4 Å². The zero-order valence-corrected chi connectivity index (χ0v) is 12.3. The van der Waals surface area contributed by atoms with Crippen molar-refractivity contribution in [3.8, 4) is 0 Å². The fourth-order valence-corrected chi connectivity index (χ4v) is 5.12. The van der Waals surface area contributed by atoms with Gasteiger partial charge in [-0.2, -0.15) is 0 Å². The van der Waals surface area contributed by atoms with Crippen molar-refractivity contribution >= 4 is 9.84 Å². The SMILES string of the molecule is CC(N)CCS(=O)(=O)C1CC(C)(C)OC1(C)C. The Morgan fingerprint density at radius 3 is 2.24 bits per heavy atom. The van der Waals surface area contributed by atoms with Gasteiger partial charge in [-0.1, -0.05) is 0 Å². The van der Waals surface area contributed by atoms with Crippen LogP contribution in [0.4, 0.5) is 0 Å². The van der Waals surface area contributed by atoms with E-state index in [9.17, 15) is 8.42 Å². The molecular formula is C12H25NO3S. The van der Waals surface area contributed by atoms with Crippen LogP contribution in [0.15, 0.2) is 0 Å². The molecule has 2 N–H and O–H groups in total. The summed E-state index contributed by atoms with van der Waals surface area (Å²) >= 11 is 0. The number of sulfone groups is 1. The Morgan fingerprint density at radius 1 is 1.35 bits per heavy atom. The van der Waals surface area contributed by atoms with E-state index in [0.29, 0.717) is 12.8 Å². The van der Waals surface area contributed by atoms with Gasteiger partial charge in [-0.3, -0.25) is 0 Å². The van der Waals surface area contributed by atoms with Gasteiger partial charge in [0.25, 0.3) is 0 Å². The smallest absolute Gasteiger partial charge is 0.156 e. The van der Waals surface area contributed by atoms with Crippen LogP contribution in [0.1, 0.15) is 47.5 Å². The standard InChI is InChI=1S/C12H25NO3S/c1-9(13)6-7-17(14,15)10-8-11(2,3)16-12(10,4)5/h9-10H,6-8,13H2,1-5H3. The minimum Gasteiger partial charge on any atom is -0.368 e. The average molecular weight is 263 g/mol. The van der Waals surface area contributed by atoms with E-state index in [4.69, 9.17) is 10.5 Å². The Morgan fingerprint density at radius 2 is 1.88 bits per heavy atom. The molecule has 1 aliphatic rings. The van der Waals surface area contributed by atoms with E-state index in [2.05, 4.69) is 0 Å². The van der Waals surface area contributed by atoms with Crippen molar-refractivity contribution in [1.82, 2.24) is 0 Å². The van der Waals surface area contributed by atoms with Crippen LogP contribution in [-0.2, 0) is 14.6 Å². The van der Waals surface area contributed by atoms with Gasteiger partial charge in [0.05, 0.1) is 22.2 Å². The van der Waals surface area contributed by atoms with Gasteiger partial charge in [0.15, 0.2) is 9.84 Å². The van der Waals surface area contributed by atoms with Gasteiger partial charge in [-0.25, -0.2) is 8.42 Å². The number of rotatable bonds is 4. The zero-order valence-electron chi connectivity index (χ0n) is 11.5. The van der Waals surface area contributed by atoms with Gasteiger partial charge in [-0.15, -0.1) is 0 Å². The summed E-state index contributed by atoms with van der Waals surface area (Å²) < 4.78 is 30.4. The molecule has 0 bridgehead atoms. The van der Waals surface area contributed by atoms with Crippen LogP contribution < -0.4 is 5.73 Å². The maximum absolute atomic E-state index is 12.3. The van der Waals surface area contributed by atoms with Crippen molar-refractivity contribution in [3.63, 3.8) is 0 Å². The van der Waals surface area contributed by atoms with Gasteiger partial charge in [-0.05, 0) is 47.5 Å². The van der Waals surface area contributed by atoms with Crippen LogP contribution in [0.2, 0.25) is 0 Å². The molecule has 102 valence electrons. The predicted molar refractivity (Wildman–Crippen MR) is 69.7 cm³/mol. The highest BCUT2D eigenvalue weighted by molar-refractivity contribution is 7.92. The molecular weight excluding hydrogens is 238 g/mol. The topological polar surface area (TPSA) is 69.4 Å². The van der Waals surface area contributed by atoms with Crippen LogP contribution in [0.25, 0.3) is 0 Å². The molecule has 1 saturated heterocycles. The van der Waals surface area contributed by atoms with E-state index >= 15 is 0 Å². The fraction of sp³-hybridized carbons (Fsp3) is 1.00. The predicted octanol–water partition coefficient (Wildman–Crippen LogP) is 1.48. The second-order valence-corrected chi connectivity index (χ2v) is 8.59. The molecule has 17 heavy (non-hydrogen) atoms. The number of hydrogen-bond donors (Lipinski definition) is 1. The van der Waals surface area contributed by atoms with Gasteiger partial charge in [0.2, 0.25) is 0 Å². The third kappa shape index (κ3) is 3.66. The lowest BCUT2D eigenvalue weighted by Crippen LogP contribution is -2.40. The van der Waals surface area contributed by atoms with Gasteiger partial charge < -0.3 is 10.5 Å². The molecule has 0 aromatic rings. The molecule has 0 aromatic carbocycles. The van der Waals surface area contributed by atoms with E-state index in [1.165, 1.54) is 0 Å². The maximum atomic E-state index is 12.3. The summed E-state index contributed by atoms with van der Waals surface area (Å²) in [4.78, 5) is 0. The third-order valence-electron chi connectivity index (χ3n) is 3.28.